The first-order valence-corrected chi connectivity index (χ1v) is 4.23. The van der Waals surface area contributed by atoms with Crippen LogP contribution in [0.15, 0.2) is 0 Å². The fourth-order valence-corrected chi connectivity index (χ4v) is 2.83. The van der Waals surface area contributed by atoms with E-state index in [1.807, 2.05) is 0 Å². The van der Waals surface area contributed by atoms with Gasteiger partial charge in [-0.15, -0.1) is 0 Å². The van der Waals surface area contributed by atoms with Crippen molar-refractivity contribution in [1.29, 1.82) is 0 Å². The van der Waals surface area contributed by atoms with E-state index in [2.05, 4.69) is 13.8 Å². The average Bonchev–Trinajstić information content (AvgIpc) is 2.11. The van der Waals surface area contributed by atoms with Crippen molar-refractivity contribution in [3.63, 3.8) is 0 Å². The molecule has 0 aromatic heterocycles. The van der Waals surface area contributed by atoms with Gasteiger partial charge in [-0.2, -0.15) is 0 Å². The monoisotopic (exact) mass is 124 g/mol. The Morgan fingerprint density at radius 3 is 2.67 bits per heavy atom. The molecule has 0 bridgehead atoms. The van der Waals surface area contributed by atoms with Gasteiger partial charge < -0.3 is 0 Å². The molecule has 0 amide bonds. The molecule has 2 saturated carbocycles. The fourth-order valence-electron chi connectivity index (χ4n) is 2.83. The SMILES string of the molecule is CC1CC2CCCC12C. The predicted octanol–water partition coefficient (Wildman–Crippen LogP) is 2.83. The quantitative estimate of drug-likeness (QED) is 0.466. The Morgan fingerprint density at radius 2 is 2.22 bits per heavy atom. The van der Waals surface area contributed by atoms with Gasteiger partial charge in [-0.05, 0) is 36.5 Å². The van der Waals surface area contributed by atoms with E-state index in [9.17, 15) is 0 Å². The van der Waals surface area contributed by atoms with E-state index in [1.54, 1.807) is 0 Å². The standard InChI is InChI=1S/C9H16/c1-7-6-8-4-3-5-9(7,8)2/h7-8H,3-6H2,1-2H3. The van der Waals surface area contributed by atoms with Crippen LogP contribution in [-0.4, -0.2) is 0 Å². The molecule has 0 N–H and O–H groups in total. The van der Waals surface area contributed by atoms with Crippen molar-refractivity contribution in [1.82, 2.24) is 0 Å². The molecular weight excluding hydrogens is 108 g/mol. The summed E-state index contributed by atoms with van der Waals surface area (Å²) in [6.07, 6.45) is 6.07. The van der Waals surface area contributed by atoms with Gasteiger partial charge in [0.1, 0.15) is 0 Å². The maximum atomic E-state index is 2.48. The molecule has 0 saturated heterocycles. The zero-order valence-electron chi connectivity index (χ0n) is 6.48. The van der Waals surface area contributed by atoms with Crippen LogP contribution in [0.3, 0.4) is 0 Å². The Hall–Kier alpha value is 0. The van der Waals surface area contributed by atoms with E-state index >= 15 is 0 Å². The van der Waals surface area contributed by atoms with Crippen LogP contribution in [0.2, 0.25) is 0 Å². The molecule has 2 fully saturated rings. The van der Waals surface area contributed by atoms with Crippen LogP contribution in [-0.2, 0) is 0 Å². The first kappa shape index (κ1) is 5.76. The maximum absolute atomic E-state index is 2.48. The van der Waals surface area contributed by atoms with Crippen molar-refractivity contribution < 1.29 is 0 Å². The lowest BCUT2D eigenvalue weighted by Gasteiger charge is -2.49. The molecule has 0 radical (unpaired) electrons. The molecule has 52 valence electrons. The highest BCUT2D eigenvalue weighted by molar-refractivity contribution is 5.00. The normalized spacial score (nSPS) is 56.7. The van der Waals surface area contributed by atoms with Crippen molar-refractivity contribution >= 4 is 0 Å². The van der Waals surface area contributed by atoms with E-state index in [0.29, 0.717) is 0 Å². The molecule has 2 aliphatic rings. The molecule has 0 aliphatic heterocycles. The zero-order chi connectivity index (χ0) is 6.48. The summed E-state index contributed by atoms with van der Waals surface area (Å²) in [4.78, 5) is 0. The maximum Gasteiger partial charge on any atom is -0.0272 e. The molecule has 0 aromatic rings. The molecule has 0 spiro atoms. The largest absolute Gasteiger partial charge is 0.0620 e. The molecule has 0 heterocycles. The molecular formula is C9H16. The van der Waals surface area contributed by atoms with Gasteiger partial charge in [0.15, 0.2) is 0 Å². The van der Waals surface area contributed by atoms with Crippen molar-refractivity contribution in [3.05, 3.63) is 0 Å². The highest BCUT2D eigenvalue weighted by atomic mass is 14.6. The van der Waals surface area contributed by atoms with Crippen molar-refractivity contribution in [2.75, 3.05) is 0 Å². The highest BCUT2D eigenvalue weighted by Gasteiger charge is 2.51. The van der Waals surface area contributed by atoms with E-state index in [4.69, 9.17) is 0 Å². The second-order valence-corrected chi connectivity index (χ2v) is 4.23. The Bertz CT molecular complexity index is 128. The molecule has 2 aliphatic carbocycles. The minimum absolute atomic E-state index is 0.792. The summed E-state index contributed by atoms with van der Waals surface area (Å²) < 4.78 is 0. The van der Waals surface area contributed by atoms with Gasteiger partial charge in [-0.1, -0.05) is 20.3 Å². The van der Waals surface area contributed by atoms with Gasteiger partial charge in [0, 0.05) is 0 Å². The van der Waals surface area contributed by atoms with Gasteiger partial charge in [-0.25, -0.2) is 0 Å². The summed E-state index contributed by atoms with van der Waals surface area (Å²) in [5.41, 5.74) is 0.792. The van der Waals surface area contributed by atoms with Gasteiger partial charge in [0.2, 0.25) is 0 Å². The van der Waals surface area contributed by atoms with E-state index in [-0.39, 0.29) is 0 Å². The third-order valence-electron chi connectivity index (χ3n) is 3.96. The summed E-state index contributed by atoms with van der Waals surface area (Å²) in [7, 11) is 0. The average molecular weight is 124 g/mol. The topological polar surface area (TPSA) is 0 Å². The van der Waals surface area contributed by atoms with Crippen LogP contribution in [0.25, 0.3) is 0 Å². The zero-order valence-corrected chi connectivity index (χ0v) is 6.48. The Kier molecular flexibility index (Phi) is 0.980. The van der Waals surface area contributed by atoms with Gasteiger partial charge >= 0.3 is 0 Å². The molecule has 0 heteroatoms. The van der Waals surface area contributed by atoms with Crippen LogP contribution in [0.1, 0.15) is 39.5 Å². The molecule has 2 rings (SSSR count). The van der Waals surface area contributed by atoms with Crippen LogP contribution >= 0.6 is 0 Å². The highest BCUT2D eigenvalue weighted by Crippen LogP contribution is 2.60. The lowest BCUT2D eigenvalue weighted by Crippen LogP contribution is -2.41. The van der Waals surface area contributed by atoms with Gasteiger partial charge in [0.05, 0.1) is 0 Å². The molecule has 9 heavy (non-hydrogen) atoms. The first-order valence-electron chi connectivity index (χ1n) is 4.23. The second-order valence-electron chi connectivity index (χ2n) is 4.23. The number of fused-ring (bicyclic) bond motifs is 1. The first-order chi connectivity index (χ1) is 4.23. The Balaban J connectivity index is 2.16. The van der Waals surface area contributed by atoms with Crippen LogP contribution in [0.4, 0.5) is 0 Å². The van der Waals surface area contributed by atoms with Crippen molar-refractivity contribution in [3.8, 4) is 0 Å². The third kappa shape index (κ3) is 0.544. The third-order valence-corrected chi connectivity index (χ3v) is 3.96. The smallest absolute Gasteiger partial charge is 0.0272 e. The van der Waals surface area contributed by atoms with E-state index < -0.39 is 0 Å². The number of rotatable bonds is 0. The molecule has 3 atom stereocenters. The Morgan fingerprint density at radius 1 is 1.44 bits per heavy atom. The van der Waals surface area contributed by atoms with E-state index in [1.165, 1.54) is 25.7 Å². The number of hydrogen-bond acceptors (Lipinski definition) is 0. The minimum Gasteiger partial charge on any atom is -0.0620 e. The van der Waals surface area contributed by atoms with E-state index in [0.717, 1.165) is 17.3 Å². The van der Waals surface area contributed by atoms with Crippen LogP contribution in [0.5, 0.6) is 0 Å². The van der Waals surface area contributed by atoms with Crippen molar-refractivity contribution in [2.24, 2.45) is 17.3 Å². The lowest BCUT2D eigenvalue weighted by molar-refractivity contribution is 0.00460. The van der Waals surface area contributed by atoms with Crippen LogP contribution < -0.4 is 0 Å². The summed E-state index contributed by atoms with van der Waals surface area (Å²) in [6.45, 7) is 4.90. The van der Waals surface area contributed by atoms with Gasteiger partial charge in [0.25, 0.3) is 0 Å². The lowest BCUT2D eigenvalue weighted by atomic mass is 9.56. The summed E-state index contributed by atoms with van der Waals surface area (Å²) >= 11 is 0. The fraction of sp³-hybridized carbons (Fsp3) is 1.00. The second kappa shape index (κ2) is 1.53. The van der Waals surface area contributed by atoms with Gasteiger partial charge in [-0.3, -0.25) is 0 Å². The van der Waals surface area contributed by atoms with Crippen LogP contribution in [0, 0.1) is 17.3 Å². The minimum atomic E-state index is 0.792. The molecule has 0 aromatic carbocycles. The van der Waals surface area contributed by atoms with Crippen molar-refractivity contribution in [2.45, 2.75) is 39.5 Å². The number of hydrogen-bond donors (Lipinski definition) is 0. The summed E-state index contributed by atoms with van der Waals surface area (Å²) in [6, 6.07) is 0. The Labute approximate surface area is 57.6 Å². The predicted molar refractivity (Wildman–Crippen MR) is 39.2 cm³/mol. The summed E-state index contributed by atoms with van der Waals surface area (Å²) in [5, 5.41) is 0. The molecule has 3 unspecified atom stereocenters. The summed E-state index contributed by atoms with van der Waals surface area (Å²) in [5.74, 6) is 2.15. The molecule has 0 nitrogen and oxygen atoms in total.